The third kappa shape index (κ3) is 3.70. The Bertz CT molecular complexity index is 590. The second-order valence-corrected chi connectivity index (χ2v) is 5.66. The molecule has 0 unspecified atom stereocenters. The number of hydrogen-bond acceptors (Lipinski definition) is 2. The van der Waals surface area contributed by atoms with Crippen molar-refractivity contribution in [1.29, 1.82) is 0 Å². The van der Waals surface area contributed by atoms with Crippen molar-refractivity contribution in [3.8, 4) is 5.75 Å². The van der Waals surface area contributed by atoms with Gasteiger partial charge >= 0.3 is 0 Å². The van der Waals surface area contributed by atoms with Crippen LogP contribution in [0.3, 0.4) is 0 Å². The lowest BCUT2D eigenvalue weighted by molar-refractivity contribution is 0.412. The lowest BCUT2D eigenvalue weighted by Gasteiger charge is -2.09. The predicted octanol–water partition coefficient (Wildman–Crippen LogP) is 4.97. The van der Waals surface area contributed by atoms with Gasteiger partial charge in [-0.3, -0.25) is 0 Å². The van der Waals surface area contributed by atoms with Crippen molar-refractivity contribution >= 4 is 37.5 Å². The van der Waals surface area contributed by atoms with Crippen LogP contribution in [0.1, 0.15) is 5.56 Å². The summed E-state index contributed by atoms with van der Waals surface area (Å²) in [7, 11) is 1.62. The van der Waals surface area contributed by atoms with E-state index < -0.39 is 0 Å². The van der Waals surface area contributed by atoms with E-state index in [1.807, 2.05) is 24.3 Å². The number of halogens is 3. The summed E-state index contributed by atoms with van der Waals surface area (Å²) in [6.07, 6.45) is 0. The number of anilines is 1. The Hall–Kier alpha value is -1.07. The van der Waals surface area contributed by atoms with Gasteiger partial charge in [0.2, 0.25) is 0 Å². The maximum Gasteiger partial charge on any atom is 0.137 e. The Morgan fingerprint density at radius 3 is 2.53 bits per heavy atom. The van der Waals surface area contributed by atoms with Crippen molar-refractivity contribution in [3.05, 3.63) is 56.7 Å². The Kier molecular flexibility index (Phi) is 4.82. The van der Waals surface area contributed by atoms with E-state index in [0.29, 0.717) is 11.0 Å². The number of benzene rings is 2. The maximum atomic E-state index is 13.4. The van der Waals surface area contributed by atoms with Crippen molar-refractivity contribution < 1.29 is 9.13 Å². The van der Waals surface area contributed by atoms with Crippen molar-refractivity contribution in [3.63, 3.8) is 0 Å². The highest BCUT2D eigenvalue weighted by atomic mass is 79.9. The molecule has 0 amide bonds. The van der Waals surface area contributed by atoms with Crippen molar-refractivity contribution in [2.45, 2.75) is 6.54 Å². The fourth-order valence-electron chi connectivity index (χ4n) is 1.63. The van der Waals surface area contributed by atoms with E-state index in [2.05, 4.69) is 37.2 Å². The zero-order valence-corrected chi connectivity index (χ0v) is 13.4. The van der Waals surface area contributed by atoms with E-state index in [0.717, 1.165) is 21.5 Å². The zero-order valence-electron chi connectivity index (χ0n) is 10.2. The largest absolute Gasteiger partial charge is 0.496 e. The van der Waals surface area contributed by atoms with Crippen LogP contribution in [0.4, 0.5) is 10.1 Å². The minimum absolute atomic E-state index is 0.254. The topological polar surface area (TPSA) is 21.3 Å². The van der Waals surface area contributed by atoms with Crippen LogP contribution in [-0.2, 0) is 6.54 Å². The van der Waals surface area contributed by atoms with Gasteiger partial charge in [0, 0.05) is 12.2 Å². The molecule has 2 aromatic rings. The first-order chi connectivity index (χ1) is 9.10. The number of ether oxygens (including phenoxy) is 1. The maximum absolute atomic E-state index is 13.4. The summed E-state index contributed by atoms with van der Waals surface area (Å²) in [6.45, 7) is 0.559. The fraction of sp³-hybridized carbons (Fsp3) is 0.143. The van der Waals surface area contributed by atoms with Gasteiger partial charge in [0.05, 0.1) is 16.1 Å². The average Bonchev–Trinajstić information content (AvgIpc) is 2.40. The Balaban J connectivity index is 2.05. The van der Waals surface area contributed by atoms with Gasteiger partial charge in [-0.2, -0.15) is 0 Å². The van der Waals surface area contributed by atoms with Gasteiger partial charge in [-0.15, -0.1) is 0 Å². The minimum Gasteiger partial charge on any atom is -0.496 e. The van der Waals surface area contributed by atoms with Crippen LogP contribution in [0.15, 0.2) is 45.3 Å². The lowest BCUT2D eigenvalue weighted by atomic mass is 10.2. The second kappa shape index (κ2) is 6.39. The van der Waals surface area contributed by atoms with Gasteiger partial charge in [-0.1, -0.05) is 6.07 Å². The first-order valence-electron chi connectivity index (χ1n) is 5.61. The average molecular weight is 389 g/mol. The number of methoxy groups -OCH3 is 1. The number of rotatable bonds is 4. The summed E-state index contributed by atoms with van der Waals surface area (Å²) in [5.41, 5.74) is 1.82. The molecule has 0 aliphatic rings. The Morgan fingerprint density at radius 2 is 1.89 bits per heavy atom. The smallest absolute Gasteiger partial charge is 0.137 e. The molecule has 0 bridgehead atoms. The molecule has 100 valence electrons. The van der Waals surface area contributed by atoms with Crippen LogP contribution in [0.2, 0.25) is 0 Å². The van der Waals surface area contributed by atoms with E-state index in [-0.39, 0.29) is 5.82 Å². The summed E-state index contributed by atoms with van der Waals surface area (Å²) >= 11 is 6.56. The van der Waals surface area contributed by atoms with Gasteiger partial charge in [-0.25, -0.2) is 4.39 Å². The van der Waals surface area contributed by atoms with Crippen LogP contribution in [-0.4, -0.2) is 7.11 Å². The molecule has 0 saturated heterocycles. The molecule has 0 heterocycles. The third-order valence-electron chi connectivity index (χ3n) is 2.63. The van der Waals surface area contributed by atoms with Gasteiger partial charge in [-0.05, 0) is 67.8 Å². The highest BCUT2D eigenvalue weighted by Gasteiger charge is 2.03. The summed E-state index contributed by atoms with van der Waals surface area (Å²) < 4.78 is 19.9. The van der Waals surface area contributed by atoms with Crippen molar-refractivity contribution in [1.82, 2.24) is 0 Å². The minimum atomic E-state index is -0.254. The third-order valence-corrected chi connectivity index (χ3v) is 3.90. The molecule has 19 heavy (non-hydrogen) atoms. The quantitative estimate of drug-likeness (QED) is 0.798. The van der Waals surface area contributed by atoms with Gasteiger partial charge in [0.25, 0.3) is 0 Å². The van der Waals surface area contributed by atoms with Crippen LogP contribution in [0.25, 0.3) is 0 Å². The summed E-state index contributed by atoms with van der Waals surface area (Å²) in [6, 6.07) is 10.8. The lowest BCUT2D eigenvalue weighted by Crippen LogP contribution is -2.00. The van der Waals surface area contributed by atoms with E-state index in [4.69, 9.17) is 4.74 Å². The highest BCUT2D eigenvalue weighted by Crippen LogP contribution is 2.28. The van der Waals surface area contributed by atoms with E-state index in [9.17, 15) is 4.39 Å². The molecule has 2 aromatic carbocycles. The molecular weight excluding hydrogens is 377 g/mol. The van der Waals surface area contributed by atoms with Crippen LogP contribution < -0.4 is 10.1 Å². The van der Waals surface area contributed by atoms with Crippen LogP contribution in [0, 0.1) is 5.82 Å². The molecule has 2 nitrogen and oxygen atoms in total. The molecule has 0 saturated carbocycles. The van der Waals surface area contributed by atoms with E-state index in [1.54, 1.807) is 13.2 Å². The predicted molar refractivity (Wildman–Crippen MR) is 82.1 cm³/mol. The molecule has 0 radical (unpaired) electrons. The normalized spacial score (nSPS) is 10.3. The molecule has 0 aliphatic carbocycles. The highest BCUT2D eigenvalue weighted by molar-refractivity contribution is 9.10. The van der Waals surface area contributed by atoms with Crippen molar-refractivity contribution in [2.75, 3.05) is 12.4 Å². The molecule has 0 aliphatic heterocycles. The van der Waals surface area contributed by atoms with Gasteiger partial charge < -0.3 is 10.1 Å². The molecule has 0 aromatic heterocycles. The molecule has 0 atom stereocenters. The van der Waals surface area contributed by atoms with Gasteiger partial charge in [0.15, 0.2) is 0 Å². The van der Waals surface area contributed by atoms with Gasteiger partial charge in [0.1, 0.15) is 11.6 Å². The first kappa shape index (κ1) is 14.3. The van der Waals surface area contributed by atoms with Crippen molar-refractivity contribution in [2.24, 2.45) is 0 Å². The Labute approximate surface area is 128 Å². The summed E-state index contributed by atoms with van der Waals surface area (Å²) in [5, 5.41) is 3.23. The molecule has 1 N–H and O–H groups in total. The van der Waals surface area contributed by atoms with E-state index >= 15 is 0 Å². The molecule has 5 heteroatoms. The molecular formula is C14H12Br2FNO. The number of hydrogen-bond donors (Lipinski definition) is 1. The van der Waals surface area contributed by atoms with E-state index in [1.165, 1.54) is 6.07 Å². The fourth-order valence-corrected chi connectivity index (χ4v) is 2.42. The second-order valence-electron chi connectivity index (χ2n) is 3.95. The summed E-state index contributed by atoms with van der Waals surface area (Å²) in [5.74, 6) is 0.524. The SMILES string of the molecule is COc1ccc(NCc2ccc(Br)c(F)c2)cc1Br. The molecule has 2 rings (SSSR count). The van der Waals surface area contributed by atoms with Crippen LogP contribution in [0.5, 0.6) is 5.75 Å². The van der Waals surface area contributed by atoms with Crippen LogP contribution >= 0.6 is 31.9 Å². The summed E-state index contributed by atoms with van der Waals surface area (Å²) in [4.78, 5) is 0. The monoisotopic (exact) mass is 387 g/mol. The molecule has 0 spiro atoms. The molecule has 0 fully saturated rings. The zero-order chi connectivity index (χ0) is 13.8. The number of nitrogens with one attached hydrogen (secondary N) is 1. The first-order valence-corrected chi connectivity index (χ1v) is 7.20. The Morgan fingerprint density at radius 1 is 1.11 bits per heavy atom. The standard InChI is InChI=1S/C14H12Br2FNO/c1-19-14-5-3-10(7-12(14)16)18-8-9-2-4-11(15)13(17)6-9/h2-7,18H,8H2,1H3.